The van der Waals surface area contributed by atoms with Crippen LogP contribution < -0.4 is 10.6 Å². The van der Waals surface area contributed by atoms with Gasteiger partial charge in [0.05, 0.1) is 13.1 Å². The third-order valence-corrected chi connectivity index (χ3v) is 2.67. The van der Waals surface area contributed by atoms with Gasteiger partial charge in [0.15, 0.2) is 0 Å². The van der Waals surface area contributed by atoms with Gasteiger partial charge in [0, 0.05) is 18.6 Å². The van der Waals surface area contributed by atoms with Crippen molar-refractivity contribution >= 4 is 11.8 Å². The van der Waals surface area contributed by atoms with Gasteiger partial charge in [-0.15, -0.1) is 0 Å². The lowest BCUT2D eigenvalue weighted by atomic mass is 10.1. The van der Waals surface area contributed by atoms with E-state index in [1.807, 2.05) is 20.8 Å². The zero-order valence-electron chi connectivity index (χ0n) is 11.0. The SMILES string of the molecule is CC(C)(C)NCC(=O)NCC(=O)N1CCCC1. The van der Waals surface area contributed by atoms with Gasteiger partial charge in [-0.25, -0.2) is 0 Å². The first kappa shape index (κ1) is 14.0. The molecule has 0 saturated carbocycles. The van der Waals surface area contributed by atoms with Crippen LogP contribution in [-0.4, -0.2) is 48.4 Å². The van der Waals surface area contributed by atoms with Crippen LogP contribution >= 0.6 is 0 Å². The zero-order valence-corrected chi connectivity index (χ0v) is 11.0. The first-order chi connectivity index (χ1) is 7.88. The van der Waals surface area contributed by atoms with Crippen LogP contribution in [0.2, 0.25) is 0 Å². The normalized spacial score (nSPS) is 16.1. The molecule has 1 rings (SSSR count). The number of carbonyl (C=O) groups is 2. The molecule has 0 aliphatic carbocycles. The Labute approximate surface area is 103 Å². The lowest BCUT2D eigenvalue weighted by Crippen LogP contribution is -2.45. The van der Waals surface area contributed by atoms with Gasteiger partial charge in [-0.1, -0.05) is 0 Å². The maximum Gasteiger partial charge on any atom is 0.241 e. The van der Waals surface area contributed by atoms with Gasteiger partial charge >= 0.3 is 0 Å². The number of rotatable bonds is 4. The molecule has 0 atom stereocenters. The molecule has 98 valence electrons. The van der Waals surface area contributed by atoms with Crippen LogP contribution in [0.5, 0.6) is 0 Å². The topological polar surface area (TPSA) is 61.4 Å². The minimum Gasteiger partial charge on any atom is -0.346 e. The molecular weight excluding hydrogens is 218 g/mol. The first-order valence-corrected chi connectivity index (χ1v) is 6.18. The summed E-state index contributed by atoms with van der Waals surface area (Å²) in [7, 11) is 0. The van der Waals surface area contributed by atoms with Gasteiger partial charge in [-0.2, -0.15) is 0 Å². The Hall–Kier alpha value is -1.10. The van der Waals surface area contributed by atoms with Crippen molar-refractivity contribution in [3.63, 3.8) is 0 Å². The Kier molecular flexibility index (Phi) is 4.93. The van der Waals surface area contributed by atoms with Crippen molar-refractivity contribution in [2.45, 2.75) is 39.2 Å². The predicted molar refractivity (Wildman–Crippen MR) is 66.6 cm³/mol. The van der Waals surface area contributed by atoms with Crippen LogP contribution in [-0.2, 0) is 9.59 Å². The van der Waals surface area contributed by atoms with Gasteiger partial charge in [0.2, 0.25) is 11.8 Å². The van der Waals surface area contributed by atoms with E-state index in [1.165, 1.54) is 0 Å². The molecule has 0 aromatic heterocycles. The number of nitrogens with one attached hydrogen (secondary N) is 2. The summed E-state index contributed by atoms with van der Waals surface area (Å²) in [6.07, 6.45) is 2.15. The van der Waals surface area contributed by atoms with Gasteiger partial charge in [-0.3, -0.25) is 9.59 Å². The van der Waals surface area contributed by atoms with Crippen LogP contribution in [0.4, 0.5) is 0 Å². The van der Waals surface area contributed by atoms with Crippen LogP contribution in [0, 0.1) is 0 Å². The second kappa shape index (κ2) is 6.00. The van der Waals surface area contributed by atoms with Gasteiger partial charge < -0.3 is 15.5 Å². The fourth-order valence-electron chi connectivity index (χ4n) is 1.66. The Balaban J connectivity index is 2.17. The molecule has 0 bridgehead atoms. The van der Waals surface area contributed by atoms with E-state index >= 15 is 0 Å². The lowest BCUT2D eigenvalue weighted by molar-refractivity contribution is -0.131. The molecular formula is C12H23N3O2. The van der Waals surface area contributed by atoms with Crippen molar-refractivity contribution < 1.29 is 9.59 Å². The van der Waals surface area contributed by atoms with Crippen molar-refractivity contribution in [2.75, 3.05) is 26.2 Å². The van der Waals surface area contributed by atoms with Crippen LogP contribution in [0.3, 0.4) is 0 Å². The molecule has 1 aliphatic rings. The van der Waals surface area contributed by atoms with E-state index in [0.717, 1.165) is 25.9 Å². The maximum absolute atomic E-state index is 11.6. The summed E-state index contributed by atoms with van der Waals surface area (Å²) >= 11 is 0. The molecule has 2 N–H and O–H groups in total. The smallest absolute Gasteiger partial charge is 0.241 e. The van der Waals surface area contributed by atoms with Crippen LogP contribution in [0.1, 0.15) is 33.6 Å². The van der Waals surface area contributed by atoms with Gasteiger partial charge in [0.25, 0.3) is 0 Å². The van der Waals surface area contributed by atoms with E-state index in [1.54, 1.807) is 4.90 Å². The average Bonchev–Trinajstić information content (AvgIpc) is 2.75. The molecule has 0 spiro atoms. The van der Waals surface area contributed by atoms with Crippen molar-refractivity contribution in [2.24, 2.45) is 0 Å². The highest BCUT2D eigenvalue weighted by Gasteiger charge is 2.18. The largest absolute Gasteiger partial charge is 0.346 e. The molecule has 0 unspecified atom stereocenters. The monoisotopic (exact) mass is 241 g/mol. The molecule has 1 heterocycles. The third-order valence-electron chi connectivity index (χ3n) is 2.67. The number of hydrogen-bond acceptors (Lipinski definition) is 3. The van der Waals surface area contributed by atoms with Crippen molar-refractivity contribution in [3.05, 3.63) is 0 Å². The van der Waals surface area contributed by atoms with E-state index in [-0.39, 0.29) is 30.4 Å². The molecule has 5 nitrogen and oxygen atoms in total. The highest BCUT2D eigenvalue weighted by molar-refractivity contribution is 5.85. The first-order valence-electron chi connectivity index (χ1n) is 6.18. The molecule has 1 fully saturated rings. The molecule has 17 heavy (non-hydrogen) atoms. The maximum atomic E-state index is 11.6. The summed E-state index contributed by atoms with van der Waals surface area (Å²) in [6, 6.07) is 0. The minimum absolute atomic E-state index is 0.0200. The van der Waals surface area contributed by atoms with Crippen molar-refractivity contribution in [1.29, 1.82) is 0 Å². The second-order valence-corrected chi connectivity index (χ2v) is 5.47. The predicted octanol–water partition coefficient (Wildman–Crippen LogP) is 0.113. The summed E-state index contributed by atoms with van der Waals surface area (Å²) in [4.78, 5) is 24.9. The van der Waals surface area contributed by atoms with E-state index in [2.05, 4.69) is 10.6 Å². The molecule has 0 aromatic rings. The number of carbonyl (C=O) groups excluding carboxylic acids is 2. The summed E-state index contributed by atoms with van der Waals surface area (Å²) in [5.74, 6) is -0.112. The van der Waals surface area contributed by atoms with E-state index in [4.69, 9.17) is 0 Å². The van der Waals surface area contributed by atoms with E-state index < -0.39 is 0 Å². The minimum atomic E-state index is -0.132. The fourth-order valence-corrected chi connectivity index (χ4v) is 1.66. The van der Waals surface area contributed by atoms with Gasteiger partial charge in [0.1, 0.15) is 0 Å². The fraction of sp³-hybridized carbons (Fsp3) is 0.833. The van der Waals surface area contributed by atoms with E-state index in [9.17, 15) is 9.59 Å². The second-order valence-electron chi connectivity index (χ2n) is 5.47. The Morgan fingerprint density at radius 2 is 1.71 bits per heavy atom. The Morgan fingerprint density at radius 3 is 2.24 bits per heavy atom. The van der Waals surface area contributed by atoms with Crippen molar-refractivity contribution in [3.8, 4) is 0 Å². The van der Waals surface area contributed by atoms with E-state index in [0.29, 0.717) is 0 Å². The highest BCUT2D eigenvalue weighted by Crippen LogP contribution is 2.06. The number of nitrogens with zero attached hydrogens (tertiary/aromatic N) is 1. The number of hydrogen-bond donors (Lipinski definition) is 2. The van der Waals surface area contributed by atoms with Crippen LogP contribution in [0.25, 0.3) is 0 Å². The Bertz CT molecular complexity index is 278. The lowest BCUT2D eigenvalue weighted by Gasteiger charge is -2.20. The molecule has 1 saturated heterocycles. The molecule has 0 aromatic carbocycles. The summed E-state index contributed by atoms with van der Waals surface area (Å²) in [5, 5.41) is 5.72. The average molecular weight is 241 g/mol. The standard InChI is InChI=1S/C12H23N3O2/c1-12(2,3)14-8-10(16)13-9-11(17)15-6-4-5-7-15/h14H,4-9H2,1-3H3,(H,13,16). The van der Waals surface area contributed by atoms with Crippen molar-refractivity contribution in [1.82, 2.24) is 15.5 Å². The third kappa shape index (κ3) is 5.68. The van der Waals surface area contributed by atoms with Gasteiger partial charge in [-0.05, 0) is 33.6 Å². The molecule has 5 heteroatoms. The zero-order chi connectivity index (χ0) is 12.9. The molecule has 0 radical (unpaired) electrons. The summed E-state index contributed by atoms with van der Waals surface area (Å²) in [6.45, 7) is 8.01. The molecule has 1 aliphatic heterocycles. The number of likely N-dealkylation sites (tertiary alicyclic amines) is 1. The Morgan fingerprint density at radius 1 is 1.12 bits per heavy atom. The quantitative estimate of drug-likeness (QED) is 0.734. The number of amides is 2. The molecule has 2 amide bonds. The highest BCUT2D eigenvalue weighted by atomic mass is 16.2. The summed E-state index contributed by atoms with van der Waals surface area (Å²) < 4.78 is 0. The summed E-state index contributed by atoms with van der Waals surface area (Å²) in [5.41, 5.74) is -0.0870. The van der Waals surface area contributed by atoms with Crippen LogP contribution in [0.15, 0.2) is 0 Å².